The van der Waals surface area contributed by atoms with E-state index in [-0.39, 0.29) is 5.41 Å². The molecule has 0 bridgehead atoms. The van der Waals surface area contributed by atoms with Crippen LogP contribution in [0.15, 0.2) is 164 Å². The van der Waals surface area contributed by atoms with Crippen molar-refractivity contribution in [2.75, 3.05) is 0 Å². The van der Waals surface area contributed by atoms with Crippen LogP contribution in [-0.2, 0) is 5.41 Å². The van der Waals surface area contributed by atoms with Gasteiger partial charge in [-0.1, -0.05) is 166 Å². The molecule has 1 aliphatic carbocycles. The van der Waals surface area contributed by atoms with Crippen LogP contribution in [0.3, 0.4) is 0 Å². The van der Waals surface area contributed by atoms with E-state index in [0.29, 0.717) is 17.5 Å². The molecule has 1 heterocycles. The molecule has 0 amide bonds. The first-order valence-corrected chi connectivity index (χ1v) is 17.5. The summed E-state index contributed by atoms with van der Waals surface area (Å²) in [5.74, 6) is 1.97. The molecule has 3 nitrogen and oxygen atoms in total. The molecule has 0 aliphatic heterocycles. The Labute approximate surface area is 297 Å². The van der Waals surface area contributed by atoms with Gasteiger partial charge in [-0.2, -0.15) is 0 Å². The number of fused-ring (bicyclic) bond motifs is 6. The molecule has 0 atom stereocenters. The Morgan fingerprint density at radius 1 is 0.353 bits per heavy atom. The number of hydrogen-bond acceptors (Lipinski definition) is 3. The lowest BCUT2D eigenvalue weighted by molar-refractivity contribution is 0.662. The summed E-state index contributed by atoms with van der Waals surface area (Å²) in [7, 11) is 0. The van der Waals surface area contributed by atoms with E-state index in [0.717, 1.165) is 32.8 Å². The van der Waals surface area contributed by atoms with Crippen molar-refractivity contribution in [1.82, 2.24) is 15.0 Å². The van der Waals surface area contributed by atoms with Gasteiger partial charge >= 0.3 is 0 Å². The molecule has 0 saturated heterocycles. The van der Waals surface area contributed by atoms with Crippen LogP contribution < -0.4 is 0 Å². The zero-order chi connectivity index (χ0) is 34.1. The average molecular weight is 652 g/mol. The third-order valence-electron chi connectivity index (χ3n) is 10.7. The fourth-order valence-electron chi connectivity index (χ4n) is 8.22. The van der Waals surface area contributed by atoms with Crippen LogP contribution in [0.4, 0.5) is 0 Å². The maximum absolute atomic E-state index is 5.21. The zero-order valence-corrected chi connectivity index (χ0v) is 28.4. The topological polar surface area (TPSA) is 38.7 Å². The molecule has 240 valence electrons. The lowest BCUT2D eigenvalue weighted by Gasteiger charge is -2.25. The Kier molecular flexibility index (Phi) is 6.53. The summed E-state index contributed by atoms with van der Waals surface area (Å²) in [5.41, 5.74) is 10.7. The minimum Gasteiger partial charge on any atom is -0.208 e. The molecule has 10 rings (SSSR count). The normalized spacial score (nSPS) is 13.1. The van der Waals surface area contributed by atoms with Crippen molar-refractivity contribution in [2.45, 2.75) is 19.3 Å². The van der Waals surface area contributed by atoms with E-state index in [9.17, 15) is 0 Å². The van der Waals surface area contributed by atoms with E-state index in [1.165, 1.54) is 49.5 Å². The van der Waals surface area contributed by atoms with Gasteiger partial charge in [-0.15, -0.1) is 0 Å². The summed E-state index contributed by atoms with van der Waals surface area (Å²) in [6.07, 6.45) is 0. The molecule has 3 heteroatoms. The quantitative estimate of drug-likeness (QED) is 0.190. The van der Waals surface area contributed by atoms with Crippen molar-refractivity contribution in [3.63, 3.8) is 0 Å². The van der Waals surface area contributed by atoms with Crippen molar-refractivity contribution < 1.29 is 0 Å². The van der Waals surface area contributed by atoms with E-state index in [1.807, 2.05) is 0 Å². The molecule has 9 aromatic rings. The minimum absolute atomic E-state index is 0.125. The fraction of sp³-hybridized carbons (Fsp3) is 0.0625. The van der Waals surface area contributed by atoms with Crippen LogP contribution in [-0.4, -0.2) is 15.0 Å². The number of nitrogens with zero attached hydrogens (tertiary/aromatic N) is 3. The van der Waals surface area contributed by atoms with Gasteiger partial charge in [-0.25, -0.2) is 15.0 Å². The van der Waals surface area contributed by atoms with Gasteiger partial charge < -0.3 is 0 Å². The standard InChI is InChI=1S/C48H33N3/c1-48(2)43-23-8-7-16-39(43)41-21-11-20-40(44(41)48)37-18-9-19-38-36(37)17-10-22-42(38)47-50-45(34-26-24-30-12-3-5-14-32(30)28-34)49-46(51-47)35-27-25-31-13-4-6-15-33(31)29-35/h3-29H,1-2H3. The summed E-state index contributed by atoms with van der Waals surface area (Å²) in [6.45, 7) is 4.70. The molecule has 1 aliphatic rings. The highest BCUT2D eigenvalue weighted by atomic mass is 15.0. The molecule has 0 fully saturated rings. The van der Waals surface area contributed by atoms with E-state index < -0.39 is 0 Å². The van der Waals surface area contributed by atoms with Gasteiger partial charge in [0.15, 0.2) is 17.5 Å². The molecule has 1 aromatic heterocycles. The highest BCUT2D eigenvalue weighted by Gasteiger charge is 2.37. The third kappa shape index (κ3) is 4.69. The van der Waals surface area contributed by atoms with Crippen molar-refractivity contribution >= 4 is 32.3 Å². The van der Waals surface area contributed by atoms with Crippen LogP contribution in [0.25, 0.3) is 88.7 Å². The van der Waals surface area contributed by atoms with Crippen LogP contribution in [0, 0.1) is 0 Å². The minimum atomic E-state index is -0.125. The summed E-state index contributed by atoms with van der Waals surface area (Å²) < 4.78 is 0. The van der Waals surface area contributed by atoms with Crippen LogP contribution in [0.5, 0.6) is 0 Å². The molecule has 0 spiro atoms. The number of hydrogen-bond donors (Lipinski definition) is 0. The van der Waals surface area contributed by atoms with Gasteiger partial charge in [0.1, 0.15) is 0 Å². The zero-order valence-electron chi connectivity index (χ0n) is 28.4. The van der Waals surface area contributed by atoms with Gasteiger partial charge in [0, 0.05) is 22.1 Å². The Hall–Kier alpha value is -6.45. The smallest absolute Gasteiger partial charge is 0.164 e. The van der Waals surface area contributed by atoms with Gasteiger partial charge in [0.25, 0.3) is 0 Å². The predicted octanol–water partition coefficient (Wildman–Crippen LogP) is 12.3. The molecular formula is C48H33N3. The first-order chi connectivity index (χ1) is 25.0. The SMILES string of the molecule is CC1(C)c2ccccc2-c2cccc(-c3cccc4c(-c5nc(-c6ccc7ccccc7c6)nc(-c6ccc7ccccc7c6)n5)cccc34)c21. The maximum Gasteiger partial charge on any atom is 0.164 e. The Balaban J connectivity index is 1.19. The molecule has 0 N–H and O–H groups in total. The summed E-state index contributed by atoms with van der Waals surface area (Å²) in [5, 5.41) is 6.96. The number of aromatic nitrogens is 3. The lowest BCUT2D eigenvalue weighted by atomic mass is 9.78. The number of benzene rings is 8. The second-order valence-electron chi connectivity index (χ2n) is 14.0. The first kappa shape index (κ1) is 29.5. The molecule has 0 unspecified atom stereocenters. The highest BCUT2D eigenvalue weighted by Crippen LogP contribution is 2.52. The van der Waals surface area contributed by atoms with E-state index in [4.69, 9.17) is 15.0 Å². The second kappa shape index (κ2) is 11.3. The van der Waals surface area contributed by atoms with Crippen molar-refractivity contribution in [1.29, 1.82) is 0 Å². The van der Waals surface area contributed by atoms with Gasteiger partial charge in [-0.3, -0.25) is 0 Å². The fourth-order valence-corrected chi connectivity index (χ4v) is 8.22. The Morgan fingerprint density at radius 2 is 0.804 bits per heavy atom. The Bertz CT molecular complexity index is 2750. The second-order valence-corrected chi connectivity index (χ2v) is 14.0. The highest BCUT2D eigenvalue weighted by molar-refractivity contribution is 6.05. The Morgan fingerprint density at radius 3 is 1.45 bits per heavy atom. The molecule has 51 heavy (non-hydrogen) atoms. The molecular weight excluding hydrogens is 619 g/mol. The number of rotatable bonds is 4. The van der Waals surface area contributed by atoms with Crippen molar-refractivity contribution in [3.05, 3.63) is 175 Å². The summed E-state index contributed by atoms with van der Waals surface area (Å²) >= 11 is 0. The van der Waals surface area contributed by atoms with Crippen molar-refractivity contribution in [3.8, 4) is 56.4 Å². The molecule has 8 aromatic carbocycles. The van der Waals surface area contributed by atoms with Crippen LogP contribution in [0.1, 0.15) is 25.0 Å². The third-order valence-corrected chi connectivity index (χ3v) is 10.7. The molecule has 0 radical (unpaired) electrons. The van der Waals surface area contributed by atoms with E-state index in [2.05, 4.69) is 178 Å². The predicted molar refractivity (Wildman–Crippen MR) is 212 cm³/mol. The van der Waals surface area contributed by atoms with Crippen LogP contribution >= 0.6 is 0 Å². The largest absolute Gasteiger partial charge is 0.208 e. The first-order valence-electron chi connectivity index (χ1n) is 17.5. The average Bonchev–Trinajstić information content (AvgIpc) is 3.43. The summed E-state index contributed by atoms with van der Waals surface area (Å²) in [6, 6.07) is 58.4. The van der Waals surface area contributed by atoms with Crippen LogP contribution in [0.2, 0.25) is 0 Å². The van der Waals surface area contributed by atoms with Crippen molar-refractivity contribution in [2.24, 2.45) is 0 Å². The lowest BCUT2D eigenvalue weighted by Crippen LogP contribution is -2.16. The van der Waals surface area contributed by atoms with Gasteiger partial charge in [0.05, 0.1) is 0 Å². The monoisotopic (exact) mass is 651 g/mol. The van der Waals surface area contributed by atoms with Gasteiger partial charge in [0.2, 0.25) is 0 Å². The summed E-state index contributed by atoms with van der Waals surface area (Å²) in [4.78, 5) is 15.5. The van der Waals surface area contributed by atoms with E-state index in [1.54, 1.807) is 0 Å². The maximum atomic E-state index is 5.21. The van der Waals surface area contributed by atoms with Gasteiger partial charge in [-0.05, 0) is 77.8 Å². The van der Waals surface area contributed by atoms with E-state index >= 15 is 0 Å². The molecule has 0 saturated carbocycles.